The molecule has 4 aliphatic rings. The Balaban J connectivity index is 1.66. The summed E-state index contributed by atoms with van der Waals surface area (Å²) in [7, 11) is 1.44. The largest absolute Gasteiger partial charge is 0.468 e. The minimum Gasteiger partial charge on any atom is -0.468 e. The van der Waals surface area contributed by atoms with Crippen molar-refractivity contribution in [3.63, 3.8) is 0 Å². The van der Waals surface area contributed by atoms with Crippen LogP contribution in [0.15, 0.2) is 11.8 Å². The van der Waals surface area contributed by atoms with Crippen molar-refractivity contribution in [3.05, 3.63) is 11.8 Å². The number of hydrogen-bond acceptors (Lipinski definition) is 6. The molecule has 4 atom stereocenters. The van der Waals surface area contributed by atoms with Crippen LogP contribution >= 0.6 is 11.8 Å². The molecule has 2 amide bonds. The number of amides is 2. The van der Waals surface area contributed by atoms with E-state index in [-0.39, 0.29) is 54.7 Å². The second kappa shape index (κ2) is 13.2. The second-order valence-electron chi connectivity index (χ2n) is 12.0. The number of methoxy groups -OCH3 is 1. The zero-order valence-electron chi connectivity index (χ0n) is 23.9. The highest BCUT2D eigenvalue weighted by Crippen LogP contribution is 2.56. The fourth-order valence-corrected chi connectivity index (χ4v) is 7.39. The summed E-state index contributed by atoms with van der Waals surface area (Å²) in [5, 5.41) is 0. The van der Waals surface area contributed by atoms with E-state index < -0.39 is 11.3 Å². The van der Waals surface area contributed by atoms with Crippen LogP contribution in [0, 0.1) is 23.2 Å². The van der Waals surface area contributed by atoms with Gasteiger partial charge in [-0.05, 0) is 43.6 Å². The van der Waals surface area contributed by atoms with Crippen LogP contribution in [0.4, 0.5) is 0 Å². The van der Waals surface area contributed by atoms with Crippen LogP contribution in [0.1, 0.15) is 85.0 Å². The van der Waals surface area contributed by atoms with Crippen molar-refractivity contribution in [3.8, 4) is 0 Å². The van der Waals surface area contributed by atoms with Crippen molar-refractivity contribution in [2.75, 3.05) is 38.2 Å². The van der Waals surface area contributed by atoms with Gasteiger partial charge in [0.2, 0.25) is 11.8 Å². The van der Waals surface area contributed by atoms with Gasteiger partial charge in [0.1, 0.15) is 5.41 Å². The first-order valence-electron chi connectivity index (χ1n) is 15.0. The zero-order chi connectivity index (χ0) is 27.3. The van der Waals surface area contributed by atoms with Crippen LogP contribution in [0.25, 0.3) is 0 Å². The van der Waals surface area contributed by atoms with Gasteiger partial charge in [0, 0.05) is 49.2 Å². The van der Waals surface area contributed by atoms with Crippen LogP contribution in [0.3, 0.4) is 0 Å². The smallest absolute Gasteiger partial charge is 0.320 e. The molecule has 0 unspecified atom stereocenters. The van der Waals surface area contributed by atoms with Gasteiger partial charge in [-0.2, -0.15) is 11.8 Å². The maximum atomic E-state index is 14.1. The number of hydrogen-bond donors (Lipinski definition) is 0. The van der Waals surface area contributed by atoms with Gasteiger partial charge in [-0.25, -0.2) is 0 Å². The summed E-state index contributed by atoms with van der Waals surface area (Å²) >= 11 is 1.86. The van der Waals surface area contributed by atoms with Crippen molar-refractivity contribution in [2.24, 2.45) is 23.2 Å². The van der Waals surface area contributed by atoms with Crippen LogP contribution < -0.4 is 0 Å². The molecular weight excluding hydrogens is 500 g/mol. The third kappa shape index (κ3) is 6.27. The number of thioether (sulfide) groups is 1. The summed E-state index contributed by atoms with van der Waals surface area (Å²) in [6.45, 7) is 8.48. The Kier molecular flexibility index (Phi) is 10.2. The van der Waals surface area contributed by atoms with Gasteiger partial charge in [-0.3, -0.25) is 14.4 Å². The SMILES string of the molecule is CCCCCCCCN1C(=O)[C@@H](CC(=O)N2CCSCC2)C[C@@]2(C(=O)OC)C1=C[C@H](C(C)C)O[C@@H]2C1CC1. The summed E-state index contributed by atoms with van der Waals surface area (Å²) in [6, 6.07) is 0. The Labute approximate surface area is 233 Å². The van der Waals surface area contributed by atoms with Crippen molar-refractivity contribution >= 4 is 29.5 Å². The van der Waals surface area contributed by atoms with Gasteiger partial charge in [0.25, 0.3) is 0 Å². The van der Waals surface area contributed by atoms with Crippen LogP contribution in [-0.2, 0) is 23.9 Å². The molecule has 3 aliphatic heterocycles. The molecule has 4 rings (SSSR count). The average molecular weight is 549 g/mol. The number of carbonyl (C=O) groups is 3. The van der Waals surface area contributed by atoms with Crippen molar-refractivity contribution in [2.45, 2.75) is 97.2 Å². The molecule has 1 aliphatic carbocycles. The number of fused-ring (bicyclic) bond motifs is 1. The molecular formula is C30H48N2O5S. The van der Waals surface area contributed by atoms with Crippen LogP contribution in [0.5, 0.6) is 0 Å². The second-order valence-corrected chi connectivity index (χ2v) is 13.2. The third-order valence-corrected chi connectivity index (χ3v) is 9.76. The van der Waals surface area contributed by atoms with Crippen molar-refractivity contribution in [1.29, 1.82) is 0 Å². The van der Waals surface area contributed by atoms with E-state index in [1.807, 2.05) is 27.6 Å². The molecule has 8 heteroatoms. The minimum absolute atomic E-state index is 0.0111. The predicted octanol–water partition coefficient (Wildman–Crippen LogP) is 5.04. The highest BCUT2D eigenvalue weighted by molar-refractivity contribution is 7.99. The Hall–Kier alpha value is -1.54. The molecule has 0 aromatic carbocycles. The van der Waals surface area contributed by atoms with E-state index in [0.717, 1.165) is 62.4 Å². The number of carbonyl (C=O) groups excluding carboxylic acids is 3. The Morgan fingerprint density at radius 1 is 1.13 bits per heavy atom. The van der Waals surface area contributed by atoms with Gasteiger partial charge in [-0.1, -0.05) is 52.9 Å². The molecule has 7 nitrogen and oxygen atoms in total. The standard InChI is InChI=1S/C30H48N2O5S/c1-5-6-7-8-9-10-13-32-25-19-24(21(2)3)37-27(22-11-12-22)30(25,29(35)36-4)20-23(28(32)34)18-26(33)31-14-16-38-17-15-31/h19,21-24,27H,5-18,20H2,1-4H3/t23-,24+,27+,30+/m0/s1. The predicted molar refractivity (Wildman–Crippen MR) is 150 cm³/mol. The Morgan fingerprint density at radius 2 is 1.82 bits per heavy atom. The van der Waals surface area contributed by atoms with Gasteiger partial charge >= 0.3 is 5.97 Å². The molecule has 0 aromatic heterocycles. The number of unbranched alkanes of at least 4 members (excludes halogenated alkanes) is 5. The van der Waals surface area contributed by atoms with E-state index in [4.69, 9.17) is 9.47 Å². The molecule has 3 heterocycles. The molecule has 2 saturated heterocycles. The first-order valence-corrected chi connectivity index (χ1v) is 16.1. The van der Waals surface area contributed by atoms with E-state index in [9.17, 15) is 14.4 Å². The van der Waals surface area contributed by atoms with Crippen LogP contribution in [0.2, 0.25) is 0 Å². The number of likely N-dealkylation sites (tertiary alicyclic amines) is 1. The third-order valence-electron chi connectivity index (χ3n) is 8.82. The monoisotopic (exact) mass is 548 g/mol. The van der Waals surface area contributed by atoms with Gasteiger partial charge in [0.15, 0.2) is 0 Å². The summed E-state index contributed by atoms with van der Waals surface area (Å²) in [4.78, 5) is 45.0. The first kappa shape index (κ1) is 29.4. The normalized spacial score (nSPS) is 29.8. The summed E-state index contributed by atoms with van der Waals surface area (Å²) in [5.74, 6) is 1.51. The topological polar surface area (TPSA) is 76.2 Å². The lowest BCUT2D eigenvalue weighted by molar-refractivity contribution is -0.182. The maximum absolute atomic E-state index is 14.1. The molecule has 0 bridgehead atoms. The van der Waals surface area contributed by atoms with Gasteiger partial charge in [0.05, 0.1) is 19.3 Å². The minimum atomic E-state index is -1.04. The lowest BCUT2D eigenvalue weighted by atomic mass is 9.64. The number of ether oxygens (including phenoxy) is 2. The first-order chi connectivity index (χ1) is 18.3. The number of nitrogens with zero attached hydrogens (tertiary/aromatic N) is 2. The summed E-state index contributed by atoms with van der Waals surface area (Å²) in [5.41, 5.74) is -0.261. The highest BCUT2D eigenvalue weighted by atomic mass is 32.2. The molecule has 1 saturated carbocycles. The van der Waals surface area contributed by atoms with Gasteiger partial charge < -0.3 is 19.3 Å². The molecule has 3 fully saturated rings. The average Bonchev–Trinajstić information content (AvgIpc) is 3.77. The lowest BCUT2D eigenvalue weighted by Gasteiger charge is -2.53. The molecule has 0 spiro atoms. The number of esters is 1. The van der Waals surface area contributed by atoms with Crippen molar-refractivity contribution in [1.82, 2.24) is 9.80 Å². The molecule has 214 valence electrons. The van der Waals surface area contributed by atoms with Gasteiger partial charge in [-0.15, -0.1) is 0 Å². The van der Waals surface area contributed by atoms with E-state index in [1.54, 1.807) is 0 Å². The van der Waals surface area contributed by atoms with Crippen molar-refractivity contribution < 1.29 is 23.9 Å². The highest BCUT2D eigenvalue weighted by Gasteiger charge is 2.63. The Morgan fingerprint density at radius 3 is 2.45 bits per heavy atom. The van der Waals surface area contributed by atoms with E-state index >= 15 is 0 Å². The molecule has 38 heavy (non-hydrogen) atoms. The summed E-state index contributed by atoms with van der Waals surface area (Å²) < 4.78 is 12.2. The lowest BCUT2D eigenvalue weighted by Crippen LogP contribution is -2.62. The fraction of sp³-hybridized carbons (Fsp3) is 0.833. The number of rotatable bonds is 12. The molecule has 0 N–H and O–H groups in total. The van der Waals surface area contributed by atoms with E-state index in [1.165, 1.54) is 26.4 Å². The fourth-order valence-electron chi connectivity index (χ4n) is 6.48. The maximum Gasteiger partial charge on any atom is 0.320 e. The summed E-state index contributed by atoms with van der Waals surface area (Å²) in [6.07, 6.45) is 10.7. The quantitative estimate of drug-likeness (QED) is 0.251. The Bertz CT molecular complexity index is 882. The van der Waals surface area contributed by atoms with E-state index in [0.29, 0.717) is 6.54 Å². The molecule has 0 aromatic rings. The zero-order valence-corrected chi connectivity index (χ0v) is 24.7. The molecule has 0 radical (unpaired) electrons. The van der Waals surface area contributed by atoms with E-state index in [2.05, 4.69) is 20.8 Å². The number of piperidine rings is 1. The van der Waals surface area contributed by atoms with Crippen LogP contribution in [-0.4, -0.2) is 78.0 Å².